The molecule has 0 amide bonds. The largest absolute Gasteiger partial charge is 0.367 e. The van der Waals surface area contributed by atoms with E-state index in [1.54, 1.807) is 17.7 Å². The van der Waals surface area contributed by atoms with E-state index in [1.165, 1.54) is 5.56 Å². The van der Waals surface area contributed by atoms with Crippen molar-refractivity contribution in [1.29, 1.82) is 0 Å². The predicted octanol–water partition coefficient (Wildman–Crippen LogP) is 2.86. The van der Waals surface area contributed by atoms with Gasteiger partial charge in [0.25, 0.3) is 0 Å². The number of hydrogen-bond donors (Lipinski definition) is 1. The van der Waals surface area contributed by atoms with Gasteiger partial charge in [-0.2, -0.15) is 0 Å². The van der Waals surface area contributed by atoms with Gasteiger partial charge in [0, 0.05) is 23.8 Å². The number of aromatic amines is 1. The molecule has 1 unspecified atom stereocenters. The van der Waals surface area contributed by atoms with Crippen LogP contribution in [-0.4, -0.2) is 39.6 Å². The van der Waals surface area contributed by atoms with Gasteiger partial charge < -0.3 is 14.6 Å². The monoisotopic (exact) mass is 329 g/mol. The van der Waals surface area contributed by atoms with Gasteiger partial charge >= 0.3 is 0 Å². The zero-order chi connectivity index (χ0) is 15.8. The first-order chi connectivity index (χ1) is 11.3. The van der Waals surface area contributed by atoms with Gasteiger partial charge in [-0.25, -0.2) is 15.0 Å². The van der Waals surface area contributed by atoms with Crippen LogP contribution < -0.4 is 4.90 Å². The fourth-order valence-corrected chi connectivity index (χ4v) is 3.87. The lowest BCUT2D eigenvalue weighted by atomic mass is 10.1. The Balaban J connectivity index is 1.69. The van der Waals surface area contributed by atoms with Crippen molar-refractivity contribution in [2.45, 2.75) is 26.4 Å². The molecular weight excluding hydrogens is 310 g/mol. The zero-order valence-electron chi connectivity index (χ0n) is 13.2. The lowest BCUT2D eigenvalue weighted by molar-refractivity contribution is 0.0394. The molecule has 1 aliphatic heterocycles. The number of rotatable bonds is 3. The van der Waals surface area contributed by atoms with Crippen molar-refractivity contribution in [3.63, 3.8) is 0 Å². The fourth-order valence-electron chi connectivity index (χ4n) is 3.04. The molecule has 1 fully saturated rings. The van der Waals surface area contributed by atoms with Crippen LogP contribution in [0.4, 0.5) is 5.82 Å². The Morgan fingerprint density at radius 3 is 3.13 bits per heavy atom. The minimum atomic E-state index is 0.0106. The molecule has 1 N–H and O–H groups in total. The third-order valence-corrected chi connectivity index (χ3v) is 5.25. The molecule has 3 aromatic rings. The van der Waals surface area contributed by atoms with Crippen LogP contribution in [0.25, 0.3) is 11.0 Å². The van der Waals surface area contributed by atoms with Crippen molar-refractivity contribution in [3.05, 3.63) is 34.2 Å². The van der Waals surface area contributed by atoms with Crippen molar-refractivity contribution in [2.75, 3.05) is 24.6 Å². The summed E-state index contributed by atoms with van der Waals surface area (Å²) in [6.07, 6.45) is 4.63. The standard InChI is InChI=1S/C16H19N5OS/c1-3-11-6-17-14-13(11)15(19-9-18-14)21-4-5-22-12(7-21)16-20-10(2)8-23-16/h6,8-9,12H,3-5,7H2,1-2H3,(H,17,18,19). The number of ether oxygens (including phenoxy) is 1. The highest BCUT2D eigenvalue weighted by atomic mass is 32.1. The van der Waals surface area contributed by atoms with Gasteiger partial charge in [-0.3, -0.25) is 0 Å². The lowest BCUT2D eigenvalue weighted by Gasteiger charge is -2.33. The van der Waals surface area contributed by atoms with E-state index in [4.69, 9.17) is 4.74 Å². The molecule has 6 nitrogen and oxygen atoms in total. The number of morpholine rings is 1. The molecule has 7 heteroatoms. The topological polar surface area (TPSA) is 66.9 Å². The molecule has 23 heavy (non-hydrogen) atoms. The van der Waals surface area contributed by atoms with Gasteiger partial charge in [0.2, 0.25) is 0 Å². The van der Waals surface area contributed by atoms with Crippen LogP contribution in [-0.2, 0) is 11.2 Å². The molecule has 3 aromatic heterocycles. The lowest BCUT2D eigenvalue weighted by Crippen LogP contribution is -2.39. The van der Waals surface area contributed by atoms with Crippen LogP contribution in [0.5, 0.6) is 0 Å². The minimum Gasteiger partial charge on any atom is -0.367 e. The van der Waals surface area contributed by atoms with Crippen molar-refractivity contribution in [3.8, 4) is 0 Å². The average Bonchev–Trinajstić information content (AvgIpc) is 3.20. The third kappa shape index (κ3) is 2.60. The van der Waals surface area contributed by atoms with E-state index in [0.29, 0.717) is 6.61 Å². The second-order valence-corrected chi connectivity index (χ2v) is 6.61. The summed E-state index contributed by atoms with van der Waals surface area (Å²) in [5.74, 6) is 0.995. The Morgan fingerprint density at radius 1 is 1.43 bits per heavy atom. The van der Waals surface area contributed by atoms with Gasteiger partial charge in [0.15, 0.2) is 0 Å². The van der Waals surface area contributed by atoms with E-state index in [0.717, 1.165) is 47.1 Å². The Morgan fingerprint density at radius 2 is 2.35 bits per heavy atom. The summed E-state index contributed by atoms with van der Waals surface area (Å²) in [6, 6.07) is 0. The van der Waals surface area contributed by atoms with Gasteiger partial charge in [-0.1, -0.05) is 6.92 Å². The molecule has 0 aromatic carbocycles. The zero-order valence-corrected chi connectivity index (χ0v) is 14.1. The second kappa shape index (κ2) is 5.90. The van der Waals surface area contributed by atoms with E-state index in [-0.39, 0.29) is 6.10 Å². The molecule has 0 aliphatic carbocycles. The van der Waals surface area contributed by atoms with Gasteiger partial charge in [0.1, 0.15) is 28.9 Å². The summed E-state index contributed by atoms with van der Waals surface area (Å²) in [4.78, 5) is 19.0. The molecule has 0 saturated carbocycles. The van der Waals surface area contributed by atoms with Crippen LogP contribution in [0.2, 0.25) is 0 Å². The Bertz CT molecular complexity index is 827. The fraction of sp³-hybridized carbons (Fsp3) is 0.438. The Labute approximate surface area is 138 Å². The SMILES string of the molecule is CCc1c[nH]c2ncnc(N3CCOC(c4nc(C)cs4)C3)c12. The number of thiazole rings is 1. The number of aromatic nitrogens is 4. The maximum atomic E-state index is 5.93. The van der Waals surface area contributed by atoms with Crippen LogP contribution in [0.1, 0.15) is 29.3 Å². The number of aryl methyl sites for hydroxylation is 2. The maximum absolute atomic E-state index is 5.93. The highest BCUT2D eigenvalue weighted by Crippen LogP contribution is 2.31. The molecule has 0 radical (unpaired) electrons. The molecule has 1 saturated heterocycles. The molecule has 1 aliphatic rings. The van der Waals surface area contributed by atoms with E-state index in [9.17, 15) is 0 Å². The number of anilines is 1. The second-order valence-electron chi connectivity index (χ2n) is 5.72. The summed E-state index contributed by atoms with van der Waals surface area (Å²) in [5, 5.41) is 4.25. The molecule has 4 heterocycles. The quantitative estimate of drug-likeness (QED) is 0.800. The van der Waals surface area contributed by atoms with E-state index in [1.807, 2.05) is 13.1 Å². The summed E-state index contributed by atoms with van der Waals surface area (Å²) in [7, 11) is 0. The predicted molar refractivity (Wildman–Crippen MR) is 91.0 cm³/mol. The first-order valence-corrected chi connectivity index (χ1v) is 8.73. The number of H-pyrrole nitrogens is 1. The summed E-state index contributed by atoms with van der Waals surface area (Å²) < 4.78 is 5.93. The molecule has 4 rings (SSSR count). The van der Waals surface area contributed by atoms with E-state index in [2.05, 4.69) is 37.1 Å². The third-order valence-electron chi connectivity index (χ3n) is 4.19. The maximum Gasteiger partial charge on any atom is 0.143 e. The molecule has 120 valence electrons. The van der Waals surface area contributed by atoms with Crippen LogP contribution in [0, 0.1) is 6.92 Å². The normalized spacial score (nSPS) is 18.7. The van der Waals surface area contributed by atoms with Crippen LogP contribution >= 0.6 is 11.3 Å². The minimum absolute atomic E-state index is 0.0106. The average molecular weight is 329 g/mol. The van der Waals surface area contributed by atoms with Crippen molar-refractivity contribution in [2.24, 2.45) is 0 Å². The smallest absolute Gasteiger partial charge is 0.143 e. The first-order valence-electron chi connectivity index (χ1n) is 7.85. The van der Waals surface area contributed by atoms with Crippen molar-refractivity contribution < 1.29 is 4.74 Å². The summed E-state index contributed by atoms with van der Waals surface area (Å²) in [6.45, 7) is 6.46. The Hall–Kier alpha value is -1.99. The molecular formula is C16H19N5OS. The van der Waals surface area contributed by atoms with Gasteiger partial charge in [0.05, 0.1) is 18.5 Å². The van der Waals surface area contributed by atoms with Crippen LogP contribution in [0.3, 0.4) is 0 Å². The number of hydrogen-bond acceptors (Lipinski definition) is 6. The number of nitrogens with one attached hydrogen (secondary N) is 1. The van der Waals surface area contributed by atoms with Gasteiger partial charge in [-0.15, -0.1) is 11.3 Å². The molecule has 0 spiro atoms. The van der Waals surface area contributed by atoms with Crippen LogP contribution in [0.15, 0.2) is 17.9 Å². The molecule has 0 bridgehead atoms. The summed E-state index contributed by atoms with van der Waals surface area (Å²) >= 11 is 1.66. The summed E-state index contributed by atoms with van der Waals surface area (Å²) in [5.41, 5.74) is 3.21. The van der Waals surface area contributed by atoms with Crippen molar-refractivity contribution in [1.82, 2.24) is 19.9 Å². The highest BCUT2D eigenvalue weighted by molar-refractivity contribution is 7.09. The highest BCUT2D eigenvalue weighted by Gasteiger charge is 2.27. The molecule has 1 atom stereocenters. The van der Waals surface area contributed by atoms with E-state index >= 15 is 0 Å². The van der Waals surface area contributed by atoms with E-state index < -0.39 is 0 Å². The first kappa shape index (κ1) is 14.6. The number of nitrogens with zero attached hydrogens (tertiary/aromatic N) is 4. The van der Waals surface area contributed by atoms with Crippen molar-refractivity contribution >= 4 is 28.2 Å². The number of fused-ring (bicyclic) bond motifs is 1. The van der Waals surface area contributed by atoms with Gasteiger partial charge in [-0.05, 0) is 18.9 Å². The Kier molecular flexibility index (Phi) is 3.74.